The van der Waals surface area contributed by atoms with E-state index in [2.05, 4.69) is 43.2 Å². The number of aliphatic hydroxyl groups is 1. The average molecular weight is 412 g/mol. The molecule has 0 aromatic heterocycles. The van der Waals surface area contributed by atoms with Gasteiger partial charge >= 0.3 is 0 Å². The van der Waals surface area contributed by atoms with Crippen LogP contribution in [0, 0.1) is 5.92 Å². The van der Waals surface area contributed by atoms with Crippen LogP contribution in [0.4, 0.5) is 0 Å². The van der Waals surface area contributed by atoms with Crippen LogP contribution in [-0.2, 0) is 11.8 Å². The first kappa shape index (κ1) is 20.4. The summed E-state index contributed by atoms with van der Waals surface area (Å²) in [4.78, 5) is 2.51. The normalized spacial score (nSPS) is 35.8. The Bertz CT molecular complexity index is 836. The summed E-state index contributed by atoms with van der Waals surface area (Å²) in [6.07, 6.45) is 14.5. The number of nitrogens with zero attached hydrogens (tertiary/aromatic N) is 1. The Morgan fingerprint density at radius 1 is 1.20 bits per heavy atom. The second-order valence-electron chi connectivity index (χ2n) is 10.1. The van der Waals surface area contributed by atoms with Crippen molar-refractivity contribution in [3.63, 3.8) is 0 Å². The lowest BCUT2D eigenvalue weighted by atomic mass is 9.51. The zero-order chi connectivity index (χ0) is 20.9. The van der Waals surface area contributed by atoms with E-state index in [-0.39, 0.29) is 11.5 Å². The molecular weight excluding hydrogens is 374 g/mol. The Kier molecular flexibility index (Phi) is 5.14. The van der Waals surface area contributed by atoms with E-state index in [0.717, 1.165) is 43.7 Å². The number of likely N-dealkylation sites (tertiary alicyclic amines) is 1. The van der Waals surface area contributed by atoms with Gasteiger partial charge in [0.05, 0.1) is 7.11 Å². The van der Waals surface area contributed by atoms with Gasteiger partial charge in [0.15, 0.2) is 11.5 Å². The highest BCUT2D eigenvalue weighted by molar-refractivity contribution is 5.62. The minimum atomic E-state index is -0.902. The summed E-state index contributed by atoms with van der Waals surface area (Å²) in [5.74, 6) is 2.11. The fraction of sp³-hybridized carbons (Fsp3) is 0.692. The fourth-order valence-electron chi connectivity index (χ4n) is 6.94. The molecule has 0 saturated carbocycles. The smallest absolute Gasteiger partial charge is 0.165 e. The van der Waals surface area contributed by atoms with Gasteiger partial charge in [-0.1, -0.05) is 63.7 Å². The average Bonchev–Trinajstić information content (AvgIpc) is 3.11. The Morgan fingerprint density at radius 2 is 2.00 bits per heavy atom. The number of hydrogen-bond acceptors (Lipinski definition) is 4. The van der Waals surface area contributed by atoms with Crippen LogP contribution in [0.2, 0.25) is 0 Å². The molecule has 2 heterocycles. The van der Waals surface area contributed by atoms with Crippen molar-refractivity contribution < 1.29 is 14.6 Å². The minimum Gasteiger partial charge on any atom is -0.493 e. The SMILES string of the molecule is CCCCCCCC[C@@]1(O)C=C[C@H]2[C@H]3Cc4ccc(OC)c5c4[C@@]2(CCN3C)[C@H]1O5. The van der Waals surface area contributed by atoms with Crippen molar-refractivity contribution in [2.75, 3.05) is 20.7 Å². The predicted molar refractivity (Wildman–Crippen MR) is 119 cm³/mol. The first-order valence-electron chi connectivity index (χ1n) is 12.0. The van der Waals surface area contributed by atoms with Gasteiger partial charge in [0, 0.05) is 22.9 Å². The monoisotopic (exact) mass is 411 g/mol. The molecule has 2 bridgehead atoms. The Balaban J connectivity index is 1.50. The third-order valence-corrected chi connectivity index (χ3v) is 8.46. The lowest BCUT2D eigenvalue weighted by Gasteiger charge is -2.58. The zero-order valence-corrected chi connectivity index (χ0v) is 18.8. The van der Waals surface area contributed by atoms with Crippen LogP contribution < -0.4 is 9.47 Å². The maximum atomic E-state index is 11.9. The van der Waals surface area contributed by atoms with Crippen LogP contribution in [-0.4, -0.2) is 48.5 Å². The van der Waals surface area contributed by atoms with E-state index in [1.54, 1.807) is 7.11 Å². The van der Waals surface area contributed by atoms with Crippen LogP contribution in [0.25, 0.3) is 0 Å². The van der Waals surface area contributed by atoms with E-state index in [1.165, 1.54) is 43.2 Å². The van der Waals surface area contributed by atoms with E-state index in [0.29, 0.717) is 12.0 Å². The molecule has 4 nitrogen and oxygen atoms in total. The third-order valence-electron chi connectivity index (χ3n) is 8.46. The molecule has 1 aromatic rings. The van der Waals surface area contributed by atoms with Crippen molar-refractivity contribution in [3.8, 4) is 11.5 Å². The Hall–Kier alpha value is -1.52. The molecule has 5 atom stereocenters. The second-order valence-corrected chi connectivity index (χ2v) is 10.1. The van der Waals surface area contributed by atoms with Gasteiger partial charge in [0.1, 0.15) is 11.7 Å². The van der Waals surface area contributed by atoms with Crippen molar-refractivity contribution >= 4 is 0 Å². The Labute approximate surface area is 181 Å². The van der Waals surface area contributed by atoms with Crippen LogP contribution in [0.3, 0.4) is 0 Å². The lowest BCUT2D eigenvalue weighted by Crippen LogP contribution is -2.67. The number of ether oxygens (including phenoxy) is 2. The molecule has 0 radical (unpaired) electrons. The summed E-state index contributed by atoms with van der Waals surface area (Å²) < 4.78 is 12.4. The molecule has 30 heavy (non-hydrogen) atoms. The molecule has 164 valence electrons. The predicted octanol–water partition coefficient (Wildman–Crippen LogP) is 4.62. The number of methoxy groups -OCH3 is 1. The number of unbranched alkanes of at least 4 members (excludes halogenated alkanes) is 5. The summed E-state index contributed by atoms with van der Waals surface area (Å²) >= 11 is 0. The summed E-state index contributed by atoms with van der Waals surface area (Å²) in [5, 5.41) is 11.9. The molecule has 5 rings (SSSR count). The van der Waals surface area contributed by atoms with E-state index in [4.69, 9.17) is 9.47 Å². The molecule has 1 fully saturated rings. The van der Waals surface area contributed by atoms with Gasteiger partial charge in [0.25, 0.3) is 0 Å². The quantitative estimate of drug-likeness (QED) is 0.501. The molecule has 4 aliphatic rings. The summed E-state index contributed by atoms with van der Waals surface area (Å²) in [5.41, 5.74) is 1.70. The summed E-state index contributed by atoms with van der Waals surface area (Å²) in [7, 11) is 3.97. The van der Waals surface area contributed by atoms with Crippen molar-refractivity contribution in [1.29, 1.82) is 0 Å². The molecule has 1 N–H and O–H groups in total. The van der Waals surface area contributed by atoms with Gasteiger partial charge in [-0.3, -0.25) is 0 Å². The summed E-state index contributed by atoms with van der Waals surface area (Å²) in [6, 6.07) is 4.77. The largest absolute Gasteiger partial charge is 0.493 e. The van der Waals surface area contributed by atoms with Crippen molar-refractivity contribution in [2.24, 2.45) is 5.92 Å². The van der Waals surface area contributed by atoms with E-state index in [9.17, 15) is 5.11 Å². The van der Waals surface area contributed by atoms with Gasteiger partial charge < -0.3 is 19.5 Å². The van der Waals surface area contributed by atoms with Gasteiger partial charge in [-0.05, 0) is 44.5 Å². The fourth-order valence-corrected chi connectivity index (χ4v) is 6.94. The molecular formula is C26H37NO3. The first-order valence-corrected chi connectivity index (χ1v) is 12.0. The molecule has 0 unspecified atom stereocenters. The van der Waals surface area contributed by atoms with Crippen molar-refractivity contribution in [3.05, 3.63) is 35.4 Å². The maximum absolute atomic E-state index is 11.9. The maximum Gasteiger partial charge on any atom is 0.165 e. The standard InChI is InChI=1S/C26H37NO3/c1-4-5-6-7-8-9-13-25(28)14-12-19-20-17-18-10-11-21(29-3)23-22(18)26(19,24(25)30-23)15-16-27(20)2/h10-12,14,19-20,24,28H,4-9,13,15-17H2,1-3H3/t19-,20+,24-,25+,26-/m0/s1. The molecule has 4 heteroatoms. The van der Waals surface area contributed by atoms with Crippen LogP contribution >= 0.6 is 0 Å². The number of likely N-dealkylation sites (N-methyl/N-ethyl adjacent to an activating group) is 1. The lowest BCUT2D eigenvalue weighted by molar-refractivity contribution is -0.102. The molecule has 0 amide bonds. The van der Waals surface area contributed by atoms with Gasteiger partial charge in [-0.25, -0.2) is 0 Å². The zero-order valence-electron chi connectivity index (χ0n) is 18.8. The van der Waals surface area contributed by atoms with Crippen LogP contribution in [0.15, 0.2) is 24.3 Å². The first-order chi connectivity index (χ1) is 14.5. The summed E-state index contributed by atoms with van der Waals surface area (Å²) in [6.45, 7) is 3.31. The number of piperidine rings is 1. The van der Waals surface area contributed by atoms with E-state index in [1.807, 2.05) is 0 Å². The van der Waals surface area contributed by atoms with E-state index < -0.39 is 5.60 Å². The minimum absolute atomic E-state index is 0.125. The molecule has 1 saturated heterocycles. The number of benzene rings is 1. The topological polar surface area (TPSA) is 41.9 Å². The molecule has 2 aliphatic carbocycles. The highest BCUT2D eigenvalue weighted by Gasteiger charge is 2.67. The highest BCUT2D eigenvalue weighted by Crippen LogP contribution is 2.64. The second kappa shape index (κ2) is 7.56. The van der Waals surface area contributed by atoms with Crippen molar-refractivity contribution in [1.82, 2.24) is 4.90 Å². The highest BCUT2D eigenvalue weighted by atomic mass is 16.5. The van der Waals surface area contributed by atoms with Gasteiger partial charge in [-0.2, -0.15) is 0 Å². The van der Waals surface area contributed by atoms with Gasteiger partial charge in [0.2, 0.25) is 0 Å². The molecule has 2 aliphatic heterocycles. The number of rotatable bonds is 8. The van der Waals surface area contributed by atoms with Gasteiger partial charge in [-0.15, -0.1) is 0 Å². The van der Waals surface area contributed by atoms with Crippen molar-refractivity contribution in [2.45, 2.75) is 87.9 Å². The van der Waals surface area contributed by atoms with E-state index >= 15 is 0 Å². The third kappa shape index (κ3) is 2.79. The Morgan fingerprint density at radius 3 is 2.80 bits per heavy atom. The molecule has 1 aromatic carbocycles. The van der Waals surface area contributed by atoms with Crippen LogP contribution in [0.5, 0.6) is 11.5 Å². The van der Waals surface area contributed by atoms with Crippen LogP contribution in [0.1, 0.15) is 69.4 Å². The molecule has 1 spiro atoms. The number of hydrogen-bond donors (Lipinski definition) is 1.